The summed E-state index contributed by atoms with van der Waals surface area (Å²) >= 11 is 0. The van der Waals surface area contributed by atoms with Crippen LogP contribution in [0.2, 0.25) is 0 Å². The average molecular weight is 270 g/mol. The largest absolute Gasteiger partial charge is 0.481 e. The van der Waals surface area contributed by atoms with E-state index in [4.69, 9.17) is 10.8 Å². The minimum Gasteiger partial charge on any atom is -0.481 e. The van der Waals surface area contributed by atoms with Gasteiger partial charge in [-0.3, -0.25) is 9.59 Å². The first-order valence-electron chi connectivity index (χ1n) is 6.95. The van der Waals surface area contributed by atoms with Gasteiger partial charge >= 0.3 is 5.97 Å². The molecule has 0 spiro atoms. The molecule has 0 saturated heterocycles. The minimum atomic E-state index is -0.763. The lowest BCUT2D eigenvalue weighted by Gasteiger charge is -2.23. The Kier molecular flexibility index (Phi) is 5.35. The summed E-state index contributed by atoms with van der Waals surface area (Å²) in [7, 11) is 0. The van der Waals surface area contributed by atoms with Crippen LogP contribution in [-0.4, -0.2) is 29.1 Å². The molecule has 0 heterocycles. The van der Waals surface area contributed by atoms with Gasteiger partial charge in [0.1, 0.15) is 0 Å². The normalized spacial score (nSPS) is 25.1. The number of hydrogen-bond donors (Lipinski definition) is 3. The lowest BCUT2D eigenvalue weighted by atomic mass is 9.87. The maximum absolute atomic E-state index is 11.8. The fourth-order valence-corrected chi connectivity index (χ4v) is 2.72. The SMILES string of the molecule is CC(C)(C)CC(N)CC(=O)N[C@H]1CC[C@@H](C(=O)O)C1. The molecule has 19 heavy (non-hydrogen) atoms. The Morgan fingerprint density at radius 1 is 1.37 bits per heavy atom. The van der Waals surface area contributed by atoms with Crippen LogP contribution >= 0.6 is 0 Å². The van der Waals surface area contributed by atoms with Crippen LogP contribution in [0.15, 0.2) is 0 Å². The second-order valence-corrected chi connectivity index (χ2v) is 6.84. The van der Waals surface area contributed by atoms with Crippen molar-refractivity contribution < 1.29 is 14.7 Å². The van der Waals surface area contributed by atoms with Gasteiger partial charge < -0.3 is 16.2 Å². The van der Waals surface area contributed by atoms with Crippen LogP contribution in [0.1, 0.15) is 52.9 Å². The van der Waals surface area contributed by atoms with E-state index in [9.17, 15) is 9.59 Å². The fourth-order valence-electron chi connectivity index (χ4n) is 2.72. The van der Waals surface area contributed by atoms with Gasteiger partial charge in [0.2, 0.25) is 5.91 Å². The molecule has 1 aliphatic rings. The summed E-state index contributed by atoms with van der Waals surface area (Å²) in [5, 5.41) is 11.8. The van der Waals surface area contributed by atoms with Crippen LogP contribution < -0.4 is 11.1 Å². The van der Waals surface area contributed by atoms with E-state index in [1.54, 1.807) is 0 Å². The molecule has 1 rings (SSSR count). The third-order valence-electron chi connectivity index (χ3n) is 3.47. The highest BCUT2D eigenvalue weighted by Crippen LogP contribution is 2.26. The molecule has 0 aromatic heterocycles. The van der Waals surface area contributed by atoms with Gasteiger partial charge in [0.25, 0.3) is 0 Å². The predicted octanol–water partition coefficient (Wildman–Crippen LogP) is 1.51. The summed E-state index contributed by atoms with van der Waals surface area (Å²) in [6, 6.07) is -0.146. The van der Waals surface area contributed by atoms with Crippen molar-refractivity contribution in [1.82, 2.24) is 5.32 Å². The Morgan fingerprint density at radius 2 is 2.00 bits per heavy atom. The Balaban J connectivity index is 2.30. The molecule has 3 atom stereocenters. The zero-order chi connectivity index (χ0) is 14.6. The van der Waals surface area contributed by atoms with Crippen molar-refractivity contribution in [3.8, 4) is 0 Å². The molecule has 0 aliphatic heterocycles. The van der Waals surface area contributed by atoms with Gasteiger partial charge in [-0.15, -0.1) is 0 Å². The molecule has 110 valence electrons. The van der Waals surface area contributed by atoms with E-state index in [0.717, 1.165) is 12.8 Å². The minimum absolute atomic E-state index is 0.00423. The van der Waals surface area contributed by atoms with Crippen molar-refractivity contribution >= 4 is 11.9 Å². The predicted molar refractivity (Wildman–Crippen MR) is 73.6 cm³/mol. The van der Waals surface area contributed by atoms with Crippen LogP contribution in [0.4, 0.5) is 0 Å². The summed E-state index contributed by atoms with van der Waals surface area (Å²) in [6.07, 6.45) is 3.04. The van der Waals surface area contributed by atoms with Crippen molar-refractivity contribution in [3.63, 3.8) is 0 Å². The molecule has 0 bridgehead atoms. The number of nitrogens with two attached hydrogens (primary N) is 1. The van der Waals surface area contributed by atoms with Gasteiger partial charge in [0.15, 0.2) is 0 Å². The number of amides is 1. The maximum atomic E-state index is 11.8. The van der Waals surface area contributed by atoms with Crippen LogP contribution in [-0.2, 0) is 9.59 Å². The Bertz CT molecular complexity index is 336. The molecule has 1 unspecified atom stereocenters. The molecule has 0 aromatic rings. The van der Waals surface area contributed by atoms with Gasteiger partial charge in [-0.05, 0) is 31.1 Å². The Morgan fingerprint density at radius 3 is 2.47 bits per heavy atom. The third kappa shape index (κ3) is 6.05. The topological polar surface area (TPSA) is 92.4 Å². The van der Waals surface area contributed by atoms with Gasteiger partial charge in [-0.2, -0.15) is 0 Å². The molecule has 1 amide bonds. The van der Waals surface area contributed by atoms with Gasteiger partial charge in [-0.1, -0.05) is 20.8 Å². The lowest BCUT2D eigenvalue weighted by molar-refractivity contribution is -0.141. The van der Waals surface area contributed by atoms with Crippen molar-refractivity contribution in [1.29, 1.82) is 0 Å². The number of aliphatic carboxylic acids is 1. The number of carbonyl (C=O) groups is 2. The molecule has 0 aromatic carbocycles. The zero-order valence-electron chi connectivity index (χ0n) is 12.1. The summed E-state index contributed by atoms with van der Waals surface area (Å²) in [4.78, 5) is 22.7. The quantitative estimate of drug-likeness (QED) is 0.706. The van der Waals surface area contributed by atoms with E-state index >= 15 is 0 Å². The second kappa shape index (κ2) is 6.37. The summed E-state index contributed by atoms with van der Waals surface area (Å²) in [5.74, 6) is -1.14. The number of hydrogen-bond acceptors (Lipinski definition) is 3. The number of carboxylic acids is 1. The molecular weight excluding hydrogens is 244 g/mol. The Labute approximate surface area is 114 Å². The van der Waals surface area contributed by atoms with Crippen molar-refractivity contribution in [3.05, 3.63) is 0 Å². The molecule has 5 heteroatoms. The second-order valence-electron chi connectivity index (χ2n) is 6.84. The number of carbonyl (C=O) groups excluding carboxylic acids is 1. The summed E-state index contributed by atoms with van der Waals surface area (Å²) < 4.78 is 0. The van der Waals surface area contributed by atoms with Gasteiger partial charge in [0, 0.05) is 18.5 Å². The highest BCUT2D eigenvalue weighted by atomic mass is 16.4. The maximum Gasteiger partial charge on any atom is 0.306 e. The first-order valence-corrected chi connectivity index (χ1v) is 6.95. The van der Waals surface area contributed by atoms with E-state index in [-0.39, 0.29) is 29.3 Å². The van der Waals surface area contributed by atoms with Crippen LogP contribution in [0, 0.1) is 11.3 Å². The zero-order valence-corrected chi connectivity index (χ0v) is 12.1. The van der Waals surface area contributed by atoms with Crippen LogP contribution in [0.3, 0.4) is 0 Å². The molecule has 1 fully saturated rings. The standard InChI is InChI=1S/C14H26N2O3/c1-14(2,3)8-10(15)7-12(17)16-11-5-4-9(6-11)13(18)19/h9-11H,4-8,15H2,1-3H3,(H,16,17)(H,18,19)/t9-,10?,11+/m1/s1. The van der Waals surface area contributed by atoms with Gasteiger partial charge in [-0.25, -0.2) is 0 Å². The van der Waals surface area contributed by atoms with Crippen LogP contribution in [0.5, 0.6) is 0 Å². The monoisotopic (exact) mass is 270 g/mol. The van der Waals surface area contributed by atoms with E-state index < -0.39 is 5.97 Å². The van der Waals surface area contributed by atoms with Crippen molar-refractivity contribution in [2.24, 2.45) is 17.1 Å². The Hall–Kier alpha value is -1.10. The van der Waals surface area contributed by atoms with E-state index in [2.05, 4.69) is 26.1 Å². The number of rotatable bonds is 5. The summed E-state index contributed by atoms with van der Waals surface area (Å²) in [5.41, 5.74) is 6.07. The molecule has 5 nitrogen and oxygen atoms in total. The molecular formula is C14H26N2O3. The molecule has 0 radical (unpaired) electrons. The molecule has 1 saturated carbocycles. The van der Waals surface area contributed by atoms with Gasteiger partial charge in [0.05, 0.1) is 5.92 Å². The van der Waals surface area contributed by atoms with E-state index in [0.29, 0.717) is 19.3 Å². The highest BCUT2D eigenvalue weighted by molar-refractivity contribution is 5.77. The van der Waals surface area contributed by atoms with Crippen LogP contribution in [0.25, 0.3) is 0 Å². The number of nitrogens with one attached hydrogen (secondary N) is 1. The molecule has 1 aliphatic carbocycles. The molecule has 4 N–H and O–H groups in total. The smallest absolute Gasteiger partial charge is 0.306 e. The third-order valence-corrected chi connectivity index (χ3v) is 3.47. The van der Waals surface area contributed by atoms with Crippen molar-refractivity contribution in [2.75, 3.05) is 0 Å². The highest BCUT2D eigenvalue weighted by Gasteiger charge is 2.30. The van der Waals surface area contributed by atoms with E-state index in [1.165, 1.54) is 0 Å². The first-order chi connectivity index (χ1) is 8.67. The average Bonchev–Trinajstić information content (AvgIpc) is 2.62. The number of carboxylic acid groups (broad SMARTS) is 1. The lowest BCUT2D eigenvalue weighted by Crippen LogP contribution is -2.38. The summed E-state index contributed by atoms with van der Waals surface area (Å²) in [6.45, 7) is 6.29. The first kappa shape index (κ1) is 16.0. The van der Waals surface area contributed by atoms with Crippen molar-refractivity contribution in [2.45, 2.75) is 65.0 Å². The van der Waals surface area contributed by atoms with E-state index in [1.807, 2.05) is 0 Å². The fraction of sp³-hybridized carbons (Fsp3) is 0.857.